The van der Waals surface area contributed by atoms with E-state index in [1.54, 1.807) is 0 Å². The van der Waals surface area contributed by atoms with Crippen molar-refractivity contribution in [2.45, 2.75) is 71.9 Å². The fraction of sp³-hybridized carbons (Fsp3) is 0.923. The van der Waals surface area contributed by atoms with Gasteiger partial charge in [-0.1, -0.05) is 27.7 Å². The van der Waals surface area contributed by atoms with Crippen LogP contribution >= 0.6 is 0 Å². The molecular formula is C13H29NO2. The van der Waals surface area contributed by atoms with E-state index in [-0.39, 0.29) is 13.5 Å². The molecule has 0 aliphatic heterocycles. The SMILES string of the molecule is CC.CC(C)C[C@H](N)C(=O)OC1CCCC1.[HH]. The van der Waals surface area contributed by atoms with Crippen LogP contribution in [-0.2, 0) is 9.53 Å². The number of nitrogens with two attached hydrogens (primary N) is 1. The maximum absolute atomic E-state index is 11.5. The lowest BCUT2D eigenvalue weighted by Gasteiger charge is -2.16. The predicted molar refractivity (Wildman–Crippen MR) is 69.2 cm³/mol. The van der Waals surface area contributed by atoms with Gasteiger partial charge in [0.05, 0.1) is 0 Å². The smallest absolute Gasteiger partial charge is 0.323 e. The van der Waals surface area contributed by atoms with Crippen molar-refractivity contribution in [1.29, 1.82) is 0 Å². The molecule has 1 rings (SSSR count). The Bertz CT molecular complexity index is 192. The zero-order valence-corrected chi connectivity index (χ0v) is 11.2. The minimum Gasteiger partial charge on any atom is -0.461 e. The quantitative estimate of drug-likeness (QED) is 0.756. The number of hydrogen-bond donors (Lipinski definition) is 1. The molecule has 0 amide bonds. The van der Waals surface area contributed by atoms with E-state index in [9.17, 15) is 4.79 Å². The average molecular weight is 231 g/mol. The van der Waals surface area contributed by atoms with Gasteiger partial charge in [-0.2, -0.15) is 0 Å². The first-order valence-corrected chi connectivity index (χ1v) is 6.55. The third-order valence-electron chi connectivity index (χ3n) is 2.61. The Kier molecular flexibility index (Phi) is 8.26. The van der Waals surface area contributed by atoms with Crippen LogP contribution in [0.1, 0.15) is 61.2 Å². The summed E-state index contributed by atoms with van der Waals surface area (Å²) in [5.41, 5.74) is 5.72. The zero-order chi connectivity index (χ0) is 12.6. The number of rotatable bonds is 4. The standard InChI is InChI=1S/C11H21NO2.C2H6.H2/c1-8(2)7-10(12)11(13)14-9-5-3-4-6-9;1-2;/h8-10H,3-7,12H2,1-2H3;1-2H3;1H/t10-;;/m0../s1. The van der Waals surface area contributed by atoms with Crippen LogP contribution in [0.4, 0.5) is 0 Å². The summed E-state index contributed by atoms with van der Waals surface area (Å²) in [4.78, 5) is 11.5. The Morgan fingerprint density at radius 2 is 1.88 bits per heavy atom. The van der Waals surface area contributed by atoms with Crippen LogP contribution in [0.25, 0.3) is 0 Å². The van der Waals surface area contributed by atoms with Gasteiger partial charge in [0.2, 0.25) is 0 Å². The number of carbonyl (C=O) groups excluding carboxylic acids is 1. The fourth-order valence-electron chi connectivity index (χ4n) is 1.86. The lowest BCUT2D eigenvalue weighted by atomic mass is 10.0. The van der Waals surface area contributed by atoms with Crippen LogP contribution in [0.2, 0.25) is 0 Å². The van der Waals surface area contributed by atoms with Crippen molar-refractivity contribution in [1.82, 2.24) is 0 Å². The zero-order valence-electron chi connectivity index (χ0n) is 11.2. The van der Waals surface area contributed by atoms with Gasteiger partial charge in [0.1, 0.15) is 12.1 Å². The number of carbonyl (C=O) groups is 1. The average Bonchev–Trinajstić information content (AvgIpc) is 2.72. The normalized spacial score (nSPS) is 17.9. The predicted octanol–water partition coefficient (Wildman–Crippen LogP) is 3.12. The van der Waals surface area contributed by atoms with E-state index in [4.69, 9.17) is 10.5 Å². The molecule has 0 aromatic heterocycles. The lowest BCUT2D eigenvalue weighted by molar-refractivity contribution is -0.150. The summed E-state index contributed by atoms with van der Waals surface area (Å²) >= 11 is 0. The first kappa shape index (κ1) is 15.4. The van der Waals surface area contributed by atoms with Crippen LogP contribution < -0.4 is 5.73 Å². The molecule has 0 radical (unpaired) electrons. The molecule has 0 aromatic carbocycles. The van der Waals surface area contributed by atoms with Gasteiger partial charge in [0, 0.05) is 1.43 Å². The van der Waals surface area contributed by atoms with Gasteiger partial charge < -0.3 is 10.5 Å². The van der Waals surface area contributed by atoms with Gasteiger partial charge in [-0.05, 0) is 38.0 Å². The van der Waals surface area contributed by atoms with Crippen LogP contribution in [0.15, 0.2) is 0 Å². The second-order valence-electron chi connectivity index (χ2n) is 4.58. The van der Waals surface area contributed by atoms with E-state index in [0.717, 1.165) is 12.8 Å². The van der Waals surface area contributed by atoms with Crippen LogP contribution in [-0.4, -0.2) is 18.1 Å². The highest BCUT2D eigenvalue weighted by Gasteiger charge is 2.23. The Morgan fingerprint density at radius 1 is 1.38 bits per heavy atom. The summed E-state index contributed by atoms with van der Waals surface area (Å²) in [5.74, 6) is 0.228. The molecule has 1 atom stereocenters. The Balaban J connectivity index is 0. The maximum Gasteiger partial charge on any atom is 0.323 e. The molecule has 1 aliphatic rings. The maximum atomic E-state index is 11.5. The van der Waals surface area contributed by atoms with Gasteiger partial charge in [-0.3, -0.25) is 4.79 Å². The van der Waals surface area contributed by atoms with Crippen LogP contribution in [0.5, 0.6) is 0 Å². The van der Waals surface area contributed by atoms with E-state index in [1.807, 2.05) is 13.8 Å². The van der Waals surface area contributed by atoms with Crippen molar-refractivity contribution in [3.8, 4) is 0 Å². The number of ether oxygens (including phenoxy) is 1. The summed E-state index contributed by atoms with van der Waals surface area (Å²) in [6.07, 6.45) is 5.24. The molecule has 0 heterocycles. The molecule has 1 aliphatic carbocycles. The molecule has 0 unspecified atom stereocenters. The molecule has 98 valence electrons. The molecule has 16 heavy (non-hydrogen) atoms. The summed E-state index contributed by atoms with van der Waals surface area (Å²) in [7, 11) is 0. The molecule has 0 saturated heterocycles. The molecule has 0 bridgehead atoms. The van der Waals surface area contributed by atoms with Gasteiger partial charge >= 0.3 is 5.97 Å². The minimum atomic E-state index is -0.435. The highest BCUT2D eigenvalue weighted by molar-refractivity contribution is 5.75. The highest BCUT2D eigenvalue weighted by Crippen LogP contribution is 2.21. The van der Waals surface area contributed by atoms with Gasteiger partial charge in [0.25, 0.3) is 0 Å². The molecule has 3 heteroatoms. The topological polar surface area (TPSA) is 52.3 Å². The van der Waals surface area contributed by atoms with E-state index in [0.29, 0.717) is 12.3 Å². The summed E-state index contributed by atoms with van der Waals surface area (Å²) in [6, 6.07) is -0.435. The van der Waals surface area contributed by atoms with Gasteiger partial charge in [-0.15, -0.1) is 0 Å². The Hall–Kier alpha value is -0.570. The van der Waals surface area contributed by atoms with Crippen LogP contribution in [0.3, 0.4) is 0 Å². The van der Waals surface area contributed by atoms with Crippen LogP contribution in [0, 0.1) is 5.92 Å². The molecular weight excluding hydrogens is 202 g/mol. The Labute approximate surface area is 101 Å². The lowest BCUT2D eigenvalue weighted by Crippen LogP contribution is -2.35. The molecule has 0 spiro atoms. The molecule has 3 nitrogen and oxygen atoms in total. The van der Waals surface area contributed by atoms with Crippen molar-refractivity contribution in [2.24, 2.45) is 11.7 Å². The highest BCUT2D eigenvalue weighted by atomic mass is 16.5. The second-order valence-corrected chi connectivity index (χ2v) is 4.58. The van der Waals surface area contributed by atoms with Crippen molar-refractivity contribution >= 4 is 5.97 Å². The summed E-state index contributed by atoms with van der Waals surface area (Å²) in [6.45, 7) is 8.12. The van der Waals surface area contributed by atoms with Crippen molar-refractivity contribution in [3.63, 3.8) is 0 Å². The van der Waals surface area contributed by atoms with Crippen molar-refractivity contribution < 1.29 is 11.0 Å². The molecule has 1 fully saturated rings. The second kappa shape index (κ2) is 8.57. The Morgan fingerprint density at radius 3 is 2.31 bits per heavy atom. The van der Waals surface area contributed by atoms with E-state index < -0.39 is 6.04 Å². The van der Waals surface area contributed by atoms with Gasteiger partial charge in [0.15, 0.2) is 0 Å². The fourth-order valence-corrected chi connectivity index (χ4v) is 1.86. The van der Waals surface area contributed by atoms with E-state index in [1.165, 1.54) is 12.8 Å². The number of hydrogen-bond acceptors (Lipinski definition) is 3. The molecule has 0 aromatic rings. The first-order valence-electron chi connectivity index (χ1n) is 6.55. The minimum absolute atomic E-state index is 0. The van der Waals surface area contributed by atoms with Gasteiger partial charge in [-0.25, -0.2) is 0 Å². The number of esters is 1. The first-order chi connectivity index (χ1) is 7.59. The van der Waals surface area contributed by atoms with E-state index in [2.05, 4.69) is 13.8 Å². The third-order valence-corrected chi connectivity index (χ3v) is 2.61. The van der Waals surface area contributed by atoms with Crippen molar-refractivity contribution in [3.05, 3.63) is 0 Å². The monoisotopic (exact) mass is 231 g/mol. The van der Waals surface area contributed by atoms with E-state index >= 15 is 0 Å². The largest absolute Gasteiger partial charge is 0.461 e. The third kappa shape index (κ3) is 6.11. The molecule has 1 saturated carbocycles. The summed E-state index contributed by atoms with van der Waals surface area (Å²) in [5, 5.41) is 0. The molecule has 2 N–H and O–H groups in total. The summed E-state index contributed by atoms with van der Waals surface area (Å²) < 4.78 is 5.31. The van der Waals surface area contributed by atoms with Crippen molar-refractivity contribution in [2.75, 3.05) is 0 Å².